The van der Waals surface area contributed by atoms with Gasteiger partial charge < -0.3 is 10.2 Å². The molecule has 126 valence electrons. The van der Waals surface area contributed by atoms with Gasteiger partial charge in [-0.2, -0.15) is 0 Å². The van der Waals surface area contributed by atoms with Gasteiger partial charge in [-0.25, -0.2) is 0 Å². The zero-order valence-electron chi connectivity index (χ0n) is 14.1. The van der Waals surface area contributed by atoms with Gasteiger partial charge in [-0.15, -0.1) is 0 Å². The lowest BCUT2D eigenvalue weighted by molar-refractivity contribution is 0.0773. The molecule has 0 bridgehead atoms. The van der Waals surface area contributed by atoms with E-state index in [1.807, 2.05) is 26.8 Å². The van der Waals surface area contributed by atoms with E-state index in [2.05, 4.69) is 5.32 Å². The first kappa shape index (κ1) is 18.0. The highest BCUT2D eigenvalue weighted by atomic mass is 35.5. The number of anilines is 1. The smallest absolute Gasteiger partial charge is 0.255 e. The van der Waals surface area contributed by atoms with Crippen molar-refractivity contribution < 1.29 is 9.59 Å². The number of hydrogen-bond acceptors (Lipinski definition) is 2. The predicted octanol–water partition coefficient (Wildman–Crippen LogP) is 4.38. The molecule has 0 heterocycles. The van der Waals surface area contributed by atoms with Crippen molar-refractivity contribution in [2.24, 2.45) is 0 Å². The minimum atomic E-state index is -0.274. The average Bonchev–Trinajstić information content (AvgIpc) is 2.59. The summed E-state index contributed by atoms with van der Waals surface area (Å²) in [4.78, 5) is 26.5. The molecule has 0 spiro atoms. The van der Waals surface area contributed by atoms with Crippen LogP contribution in [-0.2, 0) is 0 Å². The van der Waals surface area contributed by atoms with Gasteiger partial charge in [0, 0.05) is 34.9 Å². The standard InChI is InChI=1S/C19H21ClN2O2/c1-4-22(5-2)19(24)15-8-6-7-14(11-15)18(23)21-16-10-9-13(3)17(20)12-16/h6-12H,4-5H2,1-3H3,(H,21,23). The van der Waals surface area contributed by atoms with Crippen molar-refractivity contribution in [3.05, 3.63) is 64.2 Å². The van der Waals surface area contributed by atoms with Crippen LogP contribution in [0.5, 0.6) is 0 Å². The number of benzene rings is 2. The Morgan fingerprint density at radius 2 is 1.71 bits per heavy atom. The number of carbonyl (C=O) groups excluding carboxylic acids is 2. The Hall–Kier alpha value is -2.33. The van der Waals surface area contributed by atoms with Crippen LogP contribution in [0.2, 0.25) is 5.02 Å². The van der Waals surface area contributed by atoms with Crippen LogP contribution in [-0.4, -0.2) is 29.8 Å². The van der Waals surface area contributed by atoms with E-state index in [0.717, 1.165) is 5.56 Å². The van der Waals surface area contributed by atoms with Gasteiger partial charge >= 0.3 is 0 Å². The van der Waals surface area contributed by atoms with Crippen molar-refractivity contribution in [1.29, 1.82) is 0 Å². The van der Waals surface area contributed by atoms with Gasteiger partial charge in [-0.05, 0) is 56.7 Å². The molecule has 4 nitrogen and oxygen atoms in total. The molecule has 2 amide bonds. The van der Waals surface area contributed by atoms with Gasteiger partial charge in [0.25, 0.3) is 11.8 Å². The maximum Gasteiger partial charge on any atom is 0.255 e. The summed E-state index contributed by atoms with van der Waals surface area (Å²) in [5, 5.41) is 3.40. The number of rotatable bonds is 5. The minimum absolute atomic E-state index is 0.0759. The molecule has 0 unspecified atom stereocenters. The molecule has 0 fully saturated rings. The molecule has 0 saturated carbocycles. The molecule has 2 rings (SSSR count). The molecule has 0 aliphatic heterocycles. The van der Waals surface area contributed by atoms with Crippen LogP contribution in [0, 0.1) is 6.92 Å². The number of hydrogen-bond donors (Lipinski definition) is 1. The summed E-state index contributed by atoms with van der Waals surface area (Å²) in [6.07, 6.45) is 0. The van der Waals surface area contributed by atoms with E-state index in [-0.39, 0.29) is 11.8 Å². The number of halogens is 1. The van der Waals surface area contributed by atoms with Crippen LogP contribution in [0.1, 0.15) is 40.1 Å². The Bertz CT molecular complexity index is 755. The van der Waals surface area contributed by atoms with E-state index in [4.69, 9.17) is 11.6 Å². The van der Waals surface area contributed by atoms with Crippen molar-refractivity contribution in [2.75, 3.05) is 18.4 Å². The summed E-state index contributed by atoms with van der Waals surface area (Å²) in [5.74, 6) is -0.350. The molecule has 1 N–H and O–H groups in total. The first-order valence-electron chi connectivity index (χ1n) is 7.93. The monoisotopic (exact) mass is 344 g/mol. The second-order valence-corrected chi connectivity index (χ2v) is 5.88. The Kier molecular flexibility index (Phi) is 5.99. The number of amides is 2. The molecule has 0 aliphatic carbocycles. The molecule has 0 radical (unpaired) electrons. The van der Waals surface area contributed by atoms with Gasteiger partial charge in [0.05, 0.1) is 0 Å². The molecule has 0 saturated heterocycles. The second kappa shape index (κ2) is 7.97. The van der Waals surface area contributed by atoms with Crippen molar-refractivity contribution >= 4 is 29.1 Å². The van der Waals surface area contributed by atoms with E-state index in [1.54, 1.807) is 41.3 Å². The molecule has 2 aromatic carbocycles. The van der Waals surface area contributed by atoms with E-state index < -0.39 is 0 Å². The molecule has 0 aromatic heterocycles. The van der Waals surface area contributed by atoms with Crippen LogP contribution < -0.4 is 5.32 Å². The Morgan fingerprint density at radius 1 is 1.04 bits per heavy atom. The fourth-order valence-electron chi connectivity index (χ4n) is 2.36. The second-order valence-electron chi connectivity index (χ2n) is 5.48. The maximum absolute atomic E-state index is 12.4. The number of nitrogens with zero attached hydrogens (tertiary/aromatic N) is 1. The maximum atomic E-state index is 12.4. The molecule has 5 heteroatoms. The summed E-state index contributed by atoms with van der Waals surface area (Å²) >= 11 is 6.08. The largest absolute Gasteiger partial charge is 0.339 e. The first-order chi connectivity index (χ1) is 11.5. The Balaban J connectivity index is 2.19. The third-order valence-corrected chi connectivity index (χ3v) is 4.26. The topological polar surface area (TPSA) is 49.4 Å². The Morgan fingerprint density at radius 3 is 2.33 bits per heavy atom. The number of aryl methyl sites for hydroxylation is 1. The van der Waals surface area contributed by atoms with E-state index in [1.165, 1.54) is 0 Å². The summed E-state index contributed by atoms with van der Waals surface area (Å²) in [6.45, 7) is 7.02. The molecule has 24 heavy (non-hydrogen) atoms. The number of nitrogens with one attached hydrogen (secondary N) is 1. The van der Waals surface area contributed by atoms with Crippen molar-refractivity contribution in [3.8, 4) is 0 Å². The zero-order valence-corrected chi connectivity index (χ0v) is 14.9. The van der Waals surface area contributed by atoms with Crippen LogP contribution >= 0.6 is 11.6 Å². The average molecular weight is 345 g/mol. The fourth-order valence-corrected chi connectivity index (χ4v) is 2.54. The zero-order chi connectivity index (χ0) is 17.7. The van der Waals surface area contributed by atoms with Crippen molar-refractivity contribution in [3.63, 3.8) is 0 Å². The fraction of sp³-hybridized carbons (Fsp3) is 0.263. The lowest BCUT2D eigenvalue weighted by Crippen LogP contribution is -2.30. The normalized spacial score (nSPS) is 10.3. The SMILES string of the molecule is CCN(CC)C(=O)c1cccc(C(=O)Nc2ccc(C)c(Cl)c2)c1. The number of carbonyl (C=O) groups is 2. The molecule has 0 atom stereocenters. The van der Waals surface area contributed by atoms with Crippen LogP contribution in [0.3, 0.4) is 0 Å². The van der Waals surface area contributed by atoms with E-state index in [0.29, 0.717) is 34.9 Å². The summed E-state index contributed by atoms with van der Waals surface area (Å²) in [6, 6.07) is 12.1. The predicted molar refractivity (Wildman–Crippen MR) is 97.8 cm³/mol. The van der Waals surface area contributed by atoms with Gasteiger partial charge in [0.2, 0.25) is 0 Å². The quantitative estimate of drug-likeness (QED) is 0.874. The van der Waals surface area contributed by atoms with E-state index >= 15 is 0 Å². The molecular formula is C19H21ClN2O2. The summed E-state index contributed by atoms with van der Waals surface area (Å²) in [5.41, 5.74) is 2.51. The Labute approximate surface area is 147 Å². The van der Waals surface area contributed by atoms with Crippen molar-refractivity contribution in [2.45, 2.75) is 20.8 Å². The third kappa shape index (κ3) is 4.15. The third-order valence-electron chi connectivity index (χ3n) is 3.85. The highest BCUT2D eigenvalue weighted by Crippen LogP contribution is 2.20. The van der Waals surface area contributed by atoms with Gasteiger partial charge in [0.15, 0.2) is 0 Å². The van der Waals surface area contributed by atoms with Crippen LogP contribution in [0.4, 0.5) is 5.69 Å². The highest BCUT2D eigenvalue weighted by Gasteiger charge is 2.15. The first-order valence-corrected chi connectivity index (χ1v) is 8.30. The van der Waals surface area contributed by atoms with Crippen molar-refractivity contribution in [1.82, 2.24) is 4.90 Å². The molecule has 0 aliphatic rings. The summed E-state index contributed by atoms with van der Waals surface area (Å²) < 4.78 is 0. The molecular weight excluding hydrogens is 324 g/mol. The van der Waals surface area contributed by atoms with Gasteiger partial charge in [-0.1, -0.05) is 23.7 Å². The molecule has 2 aromatic rings. The van der Waals surface area contributed by atoms with Gasteiger partial charge in [0.1, 0.15) is 0 Å². The van der Waals surface area contributed by atoms with Gasteiger partial charge in [-0.3, -0.25) is 9.59 Å². The summed E-state index contributed by atoms with van der Waals surface area (Å²) in [7, 11) is 0. The minimum Gasteiger partial charge on any atom is -0.339 e. The lowest BCUT2D eigenvalue weighted by atomic mass is 10.1. The van der Waals surface area contributed by atoms with Crippen LogP contribution in [0.25, 0.3) is 0 Å². The van der Waals surface area contributed by atoms with Crippen LogP contribution in [0.15, 0.2) is 42.5 Å². The lowest BCUT2D eigenvalue weighted by Gasteiger charge is -2.18. The highest BCUT2D eigenvalue weighted by molar-refractivity contribution is 6.31. The van der Waals surface area contributed by atoms with E-state index in [9.17, 15) is 9.59 Å².